The molecule has 46 heavy (non-hydrogen) atoms. The minimum atomic E-state index is -0.275. The lowest BCUT2D eigenvalue weighted by molar-refractivity contribution is 0.425. The third-order valence-corrected chi connectivity index (χ3v) is 8.21. The number of rotatable bonds is 11. The van der Waals surface area contributed by atoms with Crippen molar-refractivity contribution in [3.63, 3.8) is 0 Å². The van der Waals surface area contributed by atoms with Gasteiger partial charge in [0.2, 0.25) is 0 Å². The van der Waals surface area contributed by atoms with Crippen LogP contribution >= 0.6 is 0 Å². The fraction of sp³-hybridized carbons (Fsp3) is 0.179. The first-order valence-electron chi connectivity index (χ1n) is 15.6. The Kier molecular flexibility index (Phi) is 9.22. The van der Waals surface area contributed by atoms with Gasteiger partial charge in [0, 0.05) is 47.3 Å². The lowest BCUT2D eigenvalue weighted by Gasteiger charge is -2.13. The smallest absolute Gasteiger partial charge is 0.125 e. The van der Waals surface area contributed by atoms with E-state index in [1.54, 1.807) is 6.07 Å². The van der Waals surface area contributed by atoms with E-state index < -0.39 is 0 Å². The topological polar surface area (TPSA) is 72.6 Å². The lowest BCUT2D eigenvalue weighted by Crippen LogP contribution is -2.21. The fourth-order valence-corrected chi connectivity index (χ4v) is 5.62. The van der Waals surface area contributed by atoms with E-state index >= 15 is 0 Å². The summed E-state index contributed by atoms with van der Waals surface area (Å²) in [7, 11) is 4.04. The highest BCUT2D eigenvalue weighted by Gasteiger charge is 2.13. The minimum absolute atomic E-state index is 0.275. The molecule has 0 fully saturated rings. The van der Waals surface area contributed by atoms with Crippen LogP contribution in [0, 0.1) is 5.82 Å². The number of nitrogens with one attached hydrogen (secondary N) is 3. The van der Waals surface area contributed by atoms with Crippen LogP contribution in [0.1, 0.15) is 23.6 Å². The van der Waals surface area contributed by atoms with E-state index in [9.17, 15) is 4.39 Å². The number of benzene rings is 3. The Balaban J connectivity index is 1.24. The second kappa shape index (κ2) is 13.8. The van der Waals surface area contributed by atoms with E-state index in [0.29, 0.717) is 0 Å². The lowest BCUT2D eigenvalue weighted by atomic mass is 10.0. The number of allylic oxidation sites excluding steroid dienone is 2. The average molecular weight is 611 g/mol. The number of aromatic amines is 2. The monoisotopic (exact) mass is 610 g/mol. The van der Waals surface area contributed by atoms with Crippen LogP contribution in [0.4, 0.5) is 10.1 Å². The molecule has 0 saturated heterocycles. The van der Waals surface area contributed by atoms with Crippen molar-refractivity contribution < 1.29 is 4.39 Å². The van der Waals surface area contributed by atoms with Crippen LogP contribution in [-0.2, 0) is 12.8 Å². The van der Waals surface area contributed by atoms with Crippen molar-refractivity contribution >= 4 is 34.8 Å². The van der Waals surface area contributed by atoms with E-state index in [2.05, 4.69) is 86.4 Å². The number of nitrogens with zero attached hydrogens (tertiary/aromatic N) is 3. The average Bonchev–Trinajstić information content (AvgIpc) is 3.65. The number of hydrogen-bond donors (Lipinski definition) is 3. The highest BCUT2D eigenvalue weighted by atomic mass is 19.1. The molecule has 3 aromatic heterocycles. The molecule has 7 heteroatoms. The Labute approximate surface area is 269 Å². The first kappa shape index (κ1) is 30.7. The molecule has 0 radical (unpaired) electrons. The van der Waals surface area contributed by atoms with Gasteiger partial charge in [-0.2, -0.15) is 5.10 Å². The van der Waals surface area contributed by atoms with Crippen LogP contribution in [0.3, 0.4) is 0 Å². The second-order valence-corrected chi connectivity index (χ2v) is 12.0. The van der Waals surface area contributed by atoms with Gasteiger partial charge in [-0.05, 0) is 110 Å². The molecule has 3 aromatic carbocycles. The van der Waals surface area contributed by atoms with E-state index in [-0.39, 0.29) is 5.82 Å². The predicted octanol–water partition coefficient (Wildman–Crippen LogP) is 6.81. The molecule has 232 valence electrons. The molecular weight excluding hydrogens is 571 g/mol. The maximum Gasteiger partial charge on any atom is 0.125 e. The summed E-state index contributed by atoms with van der Waals surface area (Å²) in [4.78, 5) is 10.1. The highest BCUT2D eigenvalue weighted by molar-refractivity contribution is 5.98. The van der Waals surface area contributed by atoms with Crippen LogP contribution in [0.5, 0.6) is 0 Å². The molecule has 0 spiro atoms. The molecule has 0 unspecified atom stereocenters. The molecule has 3 heterocycles. The van der Waals surface area contributed by atoms with Crippen LogP contribution in [0.2, 0.25) is 0 Å². The summed E-state index contributed by atoms with van der Waals surface area (Å²) in [6, 6.07) is 25.9. The van der Waals surface area contributed by atoms with Crippen molar-refractivity contribution in [2.24, 2.45) is 0 Å². The molecule has 0 amide bonds. The van der Waals surface area contributed by atoms with Gasteiger partial charge in [-0.3, -0.25) is 10.1 Å². The molecule has 0 aliphatic heterocycles. The summed E-state index contributed by atoms with van der Waals surface area (Å²) in [5.41, 5.74) is 9.78. The molecule has 0 bridgehead atoms. The Morgan fingerprint density at radius 1 is 0.957 bits per heavy atom. The first-order chi connectivity index (χ1) is 22.3. The summed E-state index contributed by atoms with van der Waals surface area (Å²) < 4.78 is 14.7. The number of likely N-dealkylation sites (N-methyl/N-ethyl adjacent to an activating group) is 1. The molecule has 0 aliphatic rings. The van der Waals surface area contributed by atoms with Crippen molar-refractivity contribution in [3.8, 4) is 22.5 Å². The quantitative estimate of drug-likeness (QED) is 0.151. The summed E-state index contributed by atoms with van der Waals surface area (Å²) in [6.07, 6.45) is 9.85. The second-order valence-electron chi connectivity index (χ2n) is 12.0. The number of hydrogen-bond acceptors (Lipinski definition) is 4. The highest BCUT2D eigenvalue weighted by Crippen LogP contribution is 2.33. The molecule has 6 rings (SSSR count). The zero-order valence-corrected chi connectivity index (χ0v) is 26.6. The Bertz CT molecular complexity index is 2110. The van der Waals surface area contributed by atoms with E-state index in [0.717, 1.165) is 86.7 Å². The summed E-state index contributed by atoms with van der Waals surface area (Å²) in [6.45, 7) is 8.01. The van der Waals surface area contributed by atoms with Gasteiger partial charge in [0.15, 0.2) is 0 Å². The number of halogens is 1. The van der Waals surface area contributed by atoms with Gasteiger partial charge in [0.25, 0.3) is 0 Å². The molecule has 6 aromatic rings. The van der Waals surface area contributed by atoms with Gasteiger partial charge in [-0.1, -0.05) is 55.1 Å². The summed E-state index contributed by atoms with van der Waals surface area (Å²) in [5, 5.41) is 13.7. The zero-order valence-electron chi connectivity index (χ0n) is 26.6. The third kappa shape index (κ3) is 7.16. The summed E-state index contributed by atoms with van der Waals surface area (Å²) >= 11 is 0. The van der Waals surface area contributed by atoms with Gasteiger partial charge in [0.05, 0.1) is 11.0 Å². The molecular formula is C39H39FN6. The Hall–Kier alpha value is -5.27. The predicted molar refractivity (Wildman–Crippen MR) is 189 cm³/mol. The largest absolute Gasteiger partial charge is 0.384 e. The Morgan fingerprint density at radius 3 is 2.61 bits per heavy atom. The van der Waals surface area contributed by atoms with E-state index in [4.69, 9.17) is 0 Å². The van der Waals surface area contributed by atoms with E-state index in [1.165, 1.54) is 17.2 Å². The molecule has 6 nitrogen and oxygen atoms in total. The molecule has 0 aliphatic carbocycles. The molecule has 0 saturated carbocycles. The molecule has 3 N–H and O–H groups in total. The van der Waals surface area contributed by atoms with Crippen molar-refractivity contribution in [1.82, 2.24) is 25.1 Å². The van der Waals surface area contributed by atoms with Crippen LogP contribution < -0.4 is 15.9 Å². The fourth-order valence-electron chi connectivity index (χ4n) is 5.62. The Morgan fingerprint density at radius 2 is 1.78 bits per heavy atom. The van der Waals surface area contributed by atoms with E-state index in [1.807, 2.05) is 62.9 Å². The van der Waals surface area contributed by atoms with Crippen molar-refractivity contribution in [2.45, 2.75) is 19.8 Å². The van der Waals surface area contributed by atoms with Gasteiger partial charge >= 0.3 is 0 Å². The van der Waals surface area contributed by atoms with Crippen molar-refractivity contribution in [3.05, 3.63) is 130 Å². The number of aromatic nitrogens is 4. The minimum Gasteiger partial charge on any atom is -0.384 e. The summed E-state index contributed by atoms with van der Waals surface area (Å²) in [5.74, 6) is -0.275. The maximum absolute atomic E-state index is 14.7. The first-order valence-corrected chi connectivity index (χ1v) is 15.6. The van der Waals surface area contributed by atoms with Gasteiger partial charge < -0.3 is 15.2 Å². The van der Waals surface area contributed by atoms with Gasteiger partial charge in [-0.15, -0.1) is 0 Å². The van der Waals surface area contributed by atoms with Crippen LogP contribution in [0.15, 0.2) is 97.3 Å². The van der Waals surface area contributed by atoms with Crippen LogP contribution in [0.25, 0.3) is 51.6 Å². The number of pyridine rings is 1. The third-order valence-electron chi connectivity index (χ3n) is 8.21. The zero-order chi connectivity index (χ0) is 32.0. The molecule has 0 atom stereocenters. The normalized spacial score (nSPS) is 12.4. The van der Waals surface area contributed by atoms with Crippen LogP contribution in [-0.4, -0.2) is 52.3 Å². The van der Waals surface area contributed by atoms with Gasteiger partial charge in [-0.25, -0.2) is 4.39 Å². The SMILES string of the molecule is C=c1c(-c2cc3c(-c4cc(F)cc(NCCN(C)C)c4)cccc3[nH]2)n[nH]/c1=C/C=C(\C)c1cncc(CCc2ccccc2)c1. The number of anilines is 1. The van der Waals surface area contributed by atoms with Crippen molar-refractivity contribution in [2.75, 3.05) is 32.5 Å². The number of aryl methyl sites for hydroxylation is 2. The van der Waals surface area contributed by atoms with Gasteiger partial charge in [0.1, 0.15) is 11.5 Å². The number of fused-ring (bicyclic) bond motifs is 1. The number of H-pyrrole nitrogens is 2. The maximum atomic E-state index is 14.7. The standard InChI is InChI=1S/C39H39FN6/c1-26(31-19-29(24-41-25-31)15-14-28-9-6-5-7-10-28)13-16-36-27(2)39(45-44-36)38-23-35-34(11-8-12-37(35)43-38)30-20-32(40)22-33(21-30)42-17-18-46(3)4/h5-13,16,19-25,42-44H,2,14-15,17-18H2,1,3-4H3/b26-13+,36-16+. The van der Waals surface area contributed by atoms with Crippen molar-refractivity contribution in [1.29, 1.82) is 0 Å².